The monoisotopic (exact) mass is 207 g/mol. The highest BCUT2D eigenvalue weighted by atomic mass is 16.3. The maximum absolute atomic E-state index is 9.69. The minimum absolute atomic E-state index is 0.163. The molecule has 82 valence electrons. The van der Waals surface area contributed by atoms with Crippen LogP contribution in [-0.4, -0.2) is 22.8 Å². The third-order valence-electron chi connectivity index (χ3n) is 3.03. The van der Waals surface area contributed by atoms with Gasteiger partial charge in [0.1, 0.15) is 11.5 Å². The van der Waals surface area contributed by atoms with Gasteiger partial charge in [-0.25, -0.2) is 0 Å². The summed E-state index contributed by atoms with van der Waals surface area (Å²) in [6.45, 7) is 2.92. The summed E-state index contributed by atoms with van der Waals surface area (Å²) in [5, 5.41) is 22.5. The maximum atomic E-state index is 9.69. The predicted molar refractivity (Wildman–Crippen MR) is 59.2 cm³/mol. The standard InChI is InChI=1S/C12H17NO2/c1-8-5-9(12(15)7-11(8)14)6-10-3-2-4-13-10/h5,7,10,13-15H,2-4,6H2,1H3. The highest BCUT2D eigenvalue weighted by molar-refractivity contribution is 5.44. The largest absolute Gasteiger partial charge is 0.508 e. The van der Waals surface area contributed by atoms with E-state index in [1.807, 2.05) is 13.0 Å². The summed E-state index contributed by atoms with van der Waals surface area (Å²) < 4.78 is 0. The molecule has 1 unspecified atom stereocenters. The Hall–Kier alpha value is -1.22. The summed E-state index contributed by atoms with van der Waals surface area (Å²) in [6.07, 6.45) is 3.22. The second-order valence-electron chi connectivity index (χ2n) is 4.26. The van der Waals surface area contributed by atoms with Crippen molar-refractivity contribution in [1.82, 2.24) is 5.32 Å². The summed E-state index contributed by atoms with van der Waals surface area (Å²) in [4.78, 5) is 0. The van der Waals surface area contributed by atoms with E-state index in [2.05, 4.69) is 5.32 Å². The number of phenols is 2. The zero-order valence-corrected chi connectivity index (χ0v) is 8.95. The fraction of sp³-hybridized carbons (Fsp3) is 0.500. The average molecular weight is 207 g/mol. The highest BCUT2D eigenvalue weighted by Crippen LogP contribution is 2.28. The molecule has 1 aliphatic heterocycles. The van der Waals surface area contributed by atoms with Crippen molar-refractivity contribution in [1.29, 1.82) is 0 Å². The topological polar surface area (TPSA) is 52.5 Å². The van der Waals surface area contributed by atoms with Gasteiger partial charge in [0, 0.05) is 12.1 Å². The predicted octanol–water partition coefficient (Wildman–Crippen LogP) is 1.70. The molecule has 0 radical (unpaired) electrons. The van der Waals surface area contributed by atoms with E-state index in [1.165, 1.54) is 18.9 Å². The van der Waals surface area contributed by atoms with Crippen LogP contribution in [0, 0.1) is 6.92 Å². The van der Waals surface area contributed by atoms with Crippen molar-refractivity contribution in [3.8, 4) is 11.5 Å². The van der Waals surface area contributed by atoms with Crippen LogP contribution < -0.4 is 5.32 Å². The minimum atomic E-state index is 0.163. The SMILES string of the molecule is Cc1cc(CC2CCCN2)c(O)cc1O. The second kappa shape index (κ2) is 4.11. The van der Waals surface area contributed by atoms with E-state index in [4.69, 9.17) is 0 Å². The van der Waals surface area contributed by atoms with Crippen LogP contribution in [0.25, 0.3) is 0 Å². The molecule has 1 fully saturated rings. The van der Waals surface area contributed by atoms with Gasteiger partial charge in [0.05, 0.1) is 0 Å². The molecule has 15 heavy (non-hydrogen) atoms. The summed E-state index contributed by atoms with van der Waals surface area (Å²) >= 11 is 0. The number of benzene rings is 1. The Labute approximate surface area is 89.8 Å². The van der Waals surface area contributed by atoms with Gasteiger partial charge in [-0.1, -0.05) is 0 Å². The summed E-state index contributed by atoms with van der Waals surface area (Å²) in [5.41, 5.74) is 1.74. The third-order valence-corrected chi connectivity index (χ3v) is 3.03. The van der Waals surface area contributed by atoms with E-state index in [0.717, 1.165) is 24.1 Å². The highest BCUT2D eigenvalue weighted by Gasteiger charge is 2.16. The quantitative estimate of drug-likeness (QED) is 0.692. The van der Waals surface area contributed by atoms with Gasteiger partial charge in [0.2, 0.25) is 0 Å². The normalized spacial score (nSPS) is 20.7. The molecule has 3 N–H and O–H groups in total. The molecule has 1 atom stereocenters. The lowest BCUT2D eigenvalue weighted by Crippen LogP contribution is -2.23. The fourth-order valence-corrected chi connectivity index (χ4v) is 2.11. The van der Waals surface area contributed by atoms with Crippen molar-refractivity contribution in [3.05, 3.63) is 23.3 Å². The fourth-order valence-electron chi connectivity index (χ4n) is 2.11. The van der Waals surface area contributed by atoms with Crippen LogP contribution >= 0.6 is 0 Å². The minimum Gasteiger partial charge on any atom is -0.508 e. The zero-order chi connectivity index (χ0) is 10.8. The van der Waals surface area contributed by atoms with Gasteiger partial charge >= 0.3 is 0 Å². The van der Waals surface area contributed by atoms with Gasteiger partial charge in [-0.05, 0) is 49.9 Å². The number of rotatable bonds is 2. The smallest absolute Gasteiger partial charge is 0.122 e. The van der Waals surface area contributed by atoms with Gasteiger partial charge in [0.25, 0.3) is 0 Å². The zero-order valence-electron chi connectivity index (χ0n) is 8.95. The molecule has 1 aliphatic rings. The molecule has 0 spiro atoms. The van der Waals surface area contributed by atoms with Crippen LogP contribution in [0.3, 0.4) is 0 Å². The van der Waals surface area contributed by atoms with Crippen molar-refractivity contribution in [3.63, 3.8) is 0 Å². The average Bonchev–Trinajstić information content (AvgIpc) is 2.67. The lowest BCUT2D eigenvalue weighted by molar-refractivity contribution is 0.440. The molecule has 0 aliphatic carbocycles. The molecule has 1 heterocycles. The first-order valence-corrected chi connectivity index (χ1v) is 5.41. The van der Waals surface area contributed by atoms with Crippen molar-refractivity contribution in [2.75, 3.05) is 6.54 Å². The Morgan fingerprint density at radius 3 is 2.80 bits per heavy atom. The van der Waals surface area contributed by atoms with Gasteiger partial charge in [0.15, 0.2) is 0 Å². The third kappa shape index (κ3) is 2.23. The summed E-state index contributed by atoms with van der Waals surface area (Å²) in [5.74, 6) is 0.363. The number of phenolic OH excluding ortho intramolecular Hbond substituents is 2. The molecular weight excluding hydrogens is 190 g/mol. The Morgan fingerprint density at radius 2 is 2.13 bits per heavy atom. The number of hydrogen-bond acceptors (Lipinski definition) is 3. The van der Waals surface area contributed by atoms with E-state index in [1.54, 1.807) is 0 Å². The number of aryl methyl sites for hydroxylation is 1. The molecule has 0 amide bonds. The van der Waals surface area contributed by atoms with E-state index in [0.29, 0.717) is 6.04 Å². The van der Waals surface area contributed by atoms with Crippen LogP contribution in [0.4, 0.5) is 0 Å². The van der Waals surface area contributed by atoms with Crippen molar-refractivity contribution < 1.29 is 10.2 Å². The Kier molecular flexibility index (Phi) is 2.82. The molecule has 1 aromatic carbocycles. The van der Waals surface area contributed by atoms with Gasteiger partial charge in [-0.3, -0.25) is 0 Å². The van der Waals surface area contributed by atoms with Crippen molar-refractivity contribution in [2.45, 2.75) is 32.2 Å². The first-order valence-electron chi connectivity index (χ1n) is 5.41. The van der Waals surface area contributed by atoms with E-state index in [9.17, 15) is 10.2 Å². The van der Waals surface area contributed by atoms with Crippen LogP contribution in [0.1, 0.15) is 24.0 Å². The Bertz CT molecular complexity index is 357. The maximum Gasteiger partial charge on any atom is 0.122 e. The Morgan fingerprint density at radius 1 is 1.33 bits per heavy atom. The first kappa shape index (κ1) is 10.3. The molecule has 1 saturated heterocycles. The van der Waals surface area contributed by atoms with Gasteiger partial charge in [-0.15, -0.1) is 0 Å². The number of nitrogens with one attached hydrogen (secondary N) is 1. The molecule has 2 rings (SSSR count). The lowest BCUT2D eigenvalue weighted by Gasteiger charge is -2.12. The van der Waals surface area contributed by atoms with Crippen LogP contribution in [0.5, 0.6) is 11.5 Å². The molecule has 0 aromatic heterocycles. The second-order valence-corrected chi connectivity index (χ2v) is 4.26. The van der Waals surface area contributed by atoms with E-state index < -0.39 is 0 Å². The molecule has 0 bridgehead atoms. The van der Waals surface area contributed by atoms with Gasteiger partial charge < -0.3 is 15.5 Å². The summed E-state index contributed by atoms with van der Waals surface area (Å²) in [7, 11) is 0. The summed E-state index contributed by atoms with van der Waals surface area (Å²) in [6, 6.07) is 3.77. The van der Waals surface area contributed by atoms with Crippen molar-refractivity contribution in [2.24, 2.45) is 0 Å². The molecule has 0 saturated carbocycles. The molecule has 3 nitrogen and oxygen atoms in total. The van der Waals surface area contributed by atoms with E-state index >= 15 is 0 Å². The number of hydrogen-bond donors (Lipinski definition) is 3. The molecule has 3 heteroatoms. The van der Waals surface area contributed by atoms with Gasteiger partial charge in [-0.2, -0.15) is 0 Å². The van der Waals surface area contributed by atoms with Crippen LogP contribution in [0.2, 0.25) is 0 Å². The lowest BCUT2D eigenvalue weighted by atomic mass is 10.0. The molecular formula is C12H17NO2. The van der Waals surface area contributed by atoms with Crippen LogP contribution in [-0.2, 0) is 6.42 Å². The number of aromatic hydroxyl groups is 2. The van der Waals surface area contributed by atoms with E-state index in [-0.39, 0.29) is 11.5 Å². The Balaban J connectivity index is 2.16. The molecule has 1 aromatic rings. The van der Waals surface area contributed by atoms with Crippen LogP contribution in [0.15, 0.2) is 12.1 Å². The van der Waals surface area contributed by atoms with Crippen molar-refractivity contribution >= 4 is 0 Å². The first-order chi connectivity index (χ1) is 7.16.